The fourth-order valence-electron chi connectivity index (χ4n) is 3.36. The Balaban J connectivity index is 1.55. The Hall–Kier alpha value is -3.44. The summed E-state index contributed by atoms with van der Waals surface area (Å²) in [4.78, 5) is 32.2. The summed E-state index contributed by atoms with van der Waals surface area (Å²) in [6.07, 6.45) is 2.58. The molecule has 1 saturated heterocycles. The van der Waals surface area contributed by atoms with Gasteiger partial charge in [-0.15, -0.1) is 0 Å². The molecular formula is C21H24N6O2. The second-order valence-corrected chi connectivity index (χ2v) is 6.91. The van der Waals surface area contributed by atoms with Crippen LogP contribution >= 0.6 is 0 Å². The van der Waals surface area contributed by atoms with Crippen molar-refractivity contribution in [2.45, 2.75) is 13.3 Å². The number of nitrogens with zero attached hydrogens (tertiary/aromatic N) is 4. The lowest BCUT2D eigenvalue weighted by Crippen LogP contribution is -2.36. The lowest BCUT2D eigenvalue weighted by molar-refractivity contribution is -0.117. The first kappa shape index (κ1) is 20.3. The molecule has 0 radical (unpaired) electrons. The minimum atomic E-state index is -0.157. The molecule has 0 saturated carbocycles. The van der Waals surface area contributed by atoms with Gasteiger partial charge in [0.1, 0.15) is 11.9 Å². The van der Waals surface area contributed by atoms with E-state index in [1.165, 1.54) is 6.92 Å². The van der Waals surface area contributed by atoms with Crippen molar-refractivity contribution in [1.82, 2.24) is 9.88 Å². The third-order valence-corrected chi connectivity index (χ3v) is 4.63. The van der Waals surface area contributed by atoms with E-state index in [4.69, 9.17) is 0 Å². The monoisotopic (exact) mass is 392 g/mol. The zero-order valence-corrected chi connectivity index (χ0v) is 16.4. The molecule has 2 N–H and O–H groups in total. The summed E-state index contributed by atoms with van der Waals surface area (Å²) in [5.74, 6) is 0.445. The van der Waals surface area contributed by atoms with Crippen molar-refractivity contribution in [3.8, 4) is 6.07 Å². The number of rotatable bonds is 5. The summed E-state index contributed by atoms with van der Waals surface area (Å²) in [6, 6.07) is 12.8. The average Bonchev–Trinajstić information content (AvgIpc) is 2.93. The van der Waals surface area contributed by atoms with Gasteiger partial charge in [-0.3, -0.25) is 14.5 Å². The molecule has 150 valence electrons. The van der Waals surface area contributed by atoms with Gasteiger partial charge >= 0.3 is 0 Å². The minimum Gasteiger partial charge on any atom is -0.354 e. The number of hydrogen-bond acceptors (Lipinski definition) is 6. The minimum absolute atomic E-state index is 0.103. The smallest absolute Gasteiger partial charge is 0.238 e. The lowest BCUT2D eigenvalue weighted by Gasteiger charge is -2.23. The standard InChI is InChI=1S/C21H24N6O2/c1-16(28)24-18-6-2-7-19(13-18)25-20(29)15-26-9-4-10-27(12-11-26)21-17(14-22)5-3-8-23-21/h2-3,5-8,13H,4,9-12,15H2,1H3,(H,24,28)(H,25,29). The van der Waals surface area contributed by atoms with Crippen LogP contribution in [0.15, 0.2) is 42.6 Å². The quantitative estimate of drug-likeness (QED) is 0.808. The molecule has 8 heteroatoms. The second kappa shape index (κ2) is 9.66. The Morgan fingerprint density at radius 1 is 1.10 bits per heavy atom. The van der Waals surface area contributed by atoms with Gasteiger partial charge < -0.3 is 15.5 Å². The maximum absolute atomic E-state index is 12.5. The van der Waals surface area contributed by atoms with E-state index in [1.54, 1.807) is 42.6 Å². The first-order valence-corrected chi connectivity index (χ1v) is 9.55. The summed E-state index contributed by atoms with van der Waals surface area (Å²) < 4.78 is 0. The molecule has 0 atom stereocenters. The number of amides is 2. The Morgan fingerprint density at radius 3 is 2.66 bits per heavy atom. The van der Waals surface area contributed by atoms with Gasteiger partial charge in [-0.2, -0.15) is 5.26 Å². The van der Waals surface area contributed by atoms with E-state index in [9.17, 15) is 14.9 Å². The van der Waals surface area contributed by atoms with Gasteiger partial charge in [0.05, 0.1) is 12.1 Å². The Morgan fingerprint density at radius 2 is 1.90 bits per heavy atom. The molecule has 2 amide bonds. The number of nitriles is 1. The zero-order valence-electron chi connectivity index (χ0n) is 16.4. The highest BCUT2D eigenvalue weighted by molar-refractivity contribution is 5.94. The topological polar surface area (TPSA) is 101 Å². The highest BCUT2D eigenvalue weighted by atomic mass is 16.2. The van der Waals surface area contributed by atoms with E-state index in [1.807, 2.05) is 0 Å². The second-order valence-electron chi connectivity index (χ2n) is 6.91. The van der Waals surface area contributed by atoms with Gasteiger partial charge in [-0.1, -0.05) is 6.07 Å². The van der Waals surface area contributed by atoms with Crippen LogP contribution in [0.2, 0.25) is 0 Å². The molecule has 29 heavy (non-hydrogen) atoms. The van der Waals surface area contributed by atoms with Gasteiger partial charge in [-0.25, -0.2) is 4.98 Å². The molecule has 0 aliphatic carbocycles. The number of anilines is 3. The zero-order chi connectivity index (χ0) is 20.6. The molecular weight excluding hydrogens is 368 g/mol. The summed E-state index contributed by atoms with van der Waals surface area (Å²) in [7, 11) is 0. The molecule has 0 spiro atoms. The predicted molar refractivity (Wildman–Crippen MR) is 112 cm³/mol. The van der Waals surface area contributed by atoms with E-state index in [0.717, 1.165) is 19.5 Å². The van der Waals surface area contributed by atoms with Crippen LogP contribution in [0.4, 0.5) is 17.2 Å². The molecule has 2 heterocycles. The van der Waals surface area contributed by atoms with Crippen molar-refractivity contribution < 1.29 is 9.59 Å². The normalized spacial score (nSPS) is 14.6. The summed E-state index contributed by atoms with van der Waals surface area (Å²) >= 11 is 0. The van der Waals surface area contributed by atoms with Gasteiger partial charge in [-0.05, 0) is 36.8 Å². The first-order chi connectivity index (χ1) is 14.0. The third-order valence-electron chi connectivity index (χ3n) is 4.63. The number of aromatic nitrogens is 1. The molecule has 1 aromatic heterocycles. The van der Waals surface area contributed by atoms with Crippen LogP contribution in [-0.4, -0.2) is 54.4 Å². The largest absolute Gasteiger partial charge is 0.354 e. The van der Waals surface area contributed by atoms with Gasteiger partial charge in [0.25, 0.3) is 0 Å². The molecule has 0 bridgehead atoms. The highest BCUT2D eigenvalue weighted by Crippen LogP contribution is 2.18. The number of carbonyl (C=O) groups excluding carboxylic acids is 2. The van der Waals surface area contributed by atoms with Gasteiger partial charge in [0.15, 0.2) is 0 Å². The van der Waals surface area contributed by atoms with Crippen LogP contribution < -0.4 is 15.5 Å². The van der Waals surface area contributed by atoms with Crippen molar-refractivity contribution in [3.63, 3.8) is 0 Å². The SMILES string of the molecule is CC(=O)Nc1cccc(NC(=O)CN2CCCN(c3ncccc3C#N)CC2)c1. The van der Waals surface area contributed by atoms with Crippen molar-refractivity contribution in [1.29, 1.82) is 5.26 Å². The Bertz CT molecular complexity index is 923. The molecule has 2 aromatic rings. The predicted octanol–water partition coefficient (Wildman–Crippen LogP) is 2.06. The average molecular weight is 392 g/mol. The van der Waals surface area contributed by atoms with Crippen LogP contribution in [0, 0.1) is 11.3 Å². The van der Waals surface area contributed by atoms with Crippen LogP contribution in [0.3, 0.4) is 0 Å². The van der Waals surface area contributed by atoms with Crippen molar-refractivity contribution in [2.75, 3.05) is 48.3 Å². The maximum atomic E-state index is 12.5. The fourth-order valence-corrected chi connectivity index (χ4v) is 3.36. The molecule has 1 aromatic carbocycles. The van der Waals surface area contributed by atoms with E-state index in [2.05, 4.69) is 31.5 Å². The van der Waals surface area contributed by atoms with Crippen molar-refractivity contribution in [2.24, 2.45) is 0 Å². The summed E-state index contributed by atoms with van der Waals surface area (Å²) in [5.41, 5.74) is 1.85. The fraction of sp³-hybridized carbons (Fsp3) is 0.333. The van der Waals surface area contributed by atoms with Crippen molar-refractivity contribution >= 4 is 29.0 Å². The molecule has 8 nitrogen and oxygen atoms in total. The first-order valence-electron chi connectivity index (χ1n) is 9.55. The molecule has 0 unspecified atom stereocenters. The van der Waals surface area contributed by atoms with Crippen LogP contribution in [0.5, 0.6) is 0 Å². The number of benzene rings is 1. The van der Waals surface area contributed by atoms with E-state index in [0.29, 0.717) is 35.8 Å². The van der Waals surface area contributed by atoms with Crippen LogP contribution in [0.25, 0.3) is 0 Å². The molecule has 3 rings (SSSR count). The summed E-state index contributed by atoms with van der Waals surface area (Å²) in [5, 5.41) is 14.9. The van der Waals surface area contributed by atoms with Crippen molar-refractivity contribution in [3.05, 3.63) is 48.2 Å². The van der Waals surface area contributed by atoms with E-state index >= 15 is 0 Å². The van der Waals surface area contributed by atoms with Crippen LogP contribution in [0.1, 0.15) is 18.9 Å². The molecule has 1 aliphatic rings. The number of pyridine rings is 1. The molecule has 1 fully saturated rings. The van der Waals surface area contributed by atoms with E-state index < -0.39 is 0 Å². The Labute approximate surface area is 170 Å². The molecule has 1 aliphatic heterocycles. The van der Waals surface area contributed by atoms with Crippen LogP contribution in [-0.2, 0) is 9.59 Å². The van der Waals surface area contributed by atoms with Gasteiger partial charge in [0.2, 0.25) is 11.8 Å². The van der Waals surface area contributed by atoms with Gasteiger partial charge in [0, 0.05) is 50.7 Å². The number of nitrogens with one attached hydrogen (secondary N) is 2. The Kier molecular flexibility index (Phi) is 6.76. The highest BCUT2D eigenvalue weighted by Gasteiger charge is 2.19. The summed E-state index contributed by atoms with van der Waals surface area (Å²) in [6.45, 7) is 4.73. The third kappa shape index (κ3) is 5.77. The number of hydrogen-bond donors (Lipinski definition) is 2. The number of carbonyl (C=O) groups is 2. The van der Waals surface area contributed by atoms with E-state index in [-0.39, 0.29) is 18.4 Å². The maximum Gasteiger partial charge on any atom is 0.238 e. The lowest BCUT2D eigenvalue weighted by atomic mass is 10.2.